The summed E-state index contributed by atoms with van der Waals surface area (Å²) < 4.78 is 2.24. The Kier molecular flexibility index (Phi) is 4.29. The van der Waals surface area contributed by atoms with Gasteiger partial charge in [0.05, 0.1) is 19.1 Å². The first-order valence-electron chi connectivity index (χ1n) is 9.62. The van der Waals surface area contributed by atoms with E-state index in [1.807, 2.05) is 29.2 Å². The molecule has 1 saturated carbocycles. The van der Waals surface area contributed by atoms with Crippen LogP contribution in [0.5, 0.6) is 0 Å². The summed E-state index contributed by atoms with van der Waals surface area (Å²) in [5, 5.41) is 0. The Morgan fingerprint density at radius 1 is 1.31 bits per heavy atom. The average molecular weight is 359 g/mol. The third kappa shape index (κ3) is 3.24. The molecule has 1 aromatic heterocycles. The molecule has 0 N–H and O–H groups in total. The van der Waals surface area contributed by atoms with Gasteiger partial charge in [0.1, 0.15) is 5.82 Å². The number of aromatic nitrogens is 2. The topological polar surface area (TPSA) is 61.7 Å². The number of carbonyl (C=O) groups is 2. The van der Waals surface area contributed by atoms with E-state index in [4.69, 9.17) is 0 Å². The van der Waals surface area contributed by atoms with Crippen LogP contribution in [0.15, 0.2) is 12.4 Å². The zero-order valence-electron chi connectivity index (χ0n) is 16.0. The molecule has 0 aromatic carbocycles. The first-order valence-corrected chi connectivity index (χ1v) is 9.62. The Hall–Kier alpha value is -1.89. The van der Waals surface area contributed by atoms with Gasteiger partial charge >= 0.3 is 0 Å². The first-order chi connectivity index (χ1) is 12.3. The molecule has 1 atom stereocenters. The van der Waals surface area contributed by atoms with Gasteiger partial charge in [0.15, 0.2) is 0 Å². The standard InChI is InChI=1S/C19H29N5O2/c1-19(2)13-24(16(26)12-22-9-8-21(3)15(25)11-22)17(19)18-20-6-7-23(18)10-14-4-5-14/h6-7,14,17H,4-5,8-13H2,1-3H3. The monoisotopic (exact) mass is 359 g/mol. The second-order valence-corrected chi connectivity index (χ2v) is 8.82. The molecule has 2 amide bonds. The van der Waals surface area contributed by atoms with Gasteiger partial charge in [0.25, 0.3) is 0 Å². The Bertz CT molecular complexity index is 709. The maximum atomic E-state index is 12.9. The summed E-state index contributed by atoms with van der Waals surface area (Å²) in [6.07, 6.45) is 6.50. The van der Waals surface area contributed by atoms with Gasteiger partial charge in [-0.05, 0) is 18.8 Å². The van der Waals surface area contributed by atoms with Crippen molar-refractivity contribution in [3.63, 3.8) is 0 Å². The number of likely N-dealkylation sites (tertiary alicyclic amines) is 1. The van der Waals surface area contributed by atoms with Gasteiger partial charge in [-0.2, -0.15) is 0 Å². The van der Waals surface area contributed by atoms with Crippen molar-refractivity contribution in [3.05, 3.63) is 18.2 Å². The van der Waals surface area contributed by atoms with Crippen molar-refractivity contribution in [2.45, 2.75) is 39.3 Å². The van der Waals surface area contributed by atoms with Gasteiger partial charge in [-0.3, -0.25) is 14.5 Å². The summed E-state index contributed by atoms with van der Waals surface area (Å²) in [7, 11) is 1.81. The summed E-state index contributed by atoms with van der Waals surface area (Å²) >= 11 is 0. The molecule has 0 radical (unpaired) electrons. The predicted octanol–water partition coefficient (Wildman–Crippen LogP) is 0.977. The molecule has 2 aliphatic heterocycles. The molecule has 7 nitrogen and oxygen atoms in total. The maximum Gasteiger partial charge on any atom is 0.237 e. The quantitative estimate of drug-likeness (QED) is 0.786. The van der Waals surface area contributed by atoms with Crippen LogP contribution < -0.4 is 0 Å². The van der Waals surface area contributed by atoms with Crippen LogP contribution in [0.2, 0.25) is 0 Å². The number of nitrogens with zero attached hydrogens (tertiary/aromatic N) is 5. The zero-order chi connectivity index (χ0) is 18.5. The Morgan fingerprint density at radius 3 is 2.73 bits per heavy atom. The van der Waals surface area contributed by atoms with E-state index in [0.29, 0.717) is 19.6 Å². The number of piperazine rings is 1. The van der Waals surface area contributed by atoms with Gasteiger partial charge < -0.3 is 14.4 Å². The average Bonchev–Trinajstić information content (AvgIpc) is 3.28. The number of hydrogen-bond acceptors (Lipinski definition) is 4. The fourth-order valence-corrected chi connectivity index (χ4v) is 4.17. The predicted molar refractivity (Wildman–Crippen MR) is 97.3 cm³/mol. The highest BCUT2D eigenvalue weighted by Gasteiger charge is 2.51. The fourth-order valence-electron chi connectivity index (χ4n) is 4.17. The summed E-state index contributed by atoms with van der Waals surface area (Å²) in [4.78, 5) is 35.1. The highest BCUT2D eigenvalue weighted by atomic mass is 16.2. The van der Waals surface area contributed by atoms with E-state index in [2.05, 4.69) is 23.4 Å². The highest BCUT2D eigenvalue weighted by Crippen LogP contribution is 2.48. The van der Waals surface area contributed by atoms with Crippen molar-refractivity contribution in [3.8, 4) is 0 Å². The number of carbonyl (C=O) groups excluding carboxylic acids is 2. The molecule has 1 aliphatic carbocycles. The summed E-state index contributed by atoms with van der Waals surface area (Å²) in [6.45, 7) is 8.26. The van der Waals surface area contributed by atoms with Gasteiger partial charge in [-0.15, -0.1) is 0 Å². The van der Waals surface area contributed by atoms with Crippen LogP contribution in [0.4, 0.5) is 0 Å². The molecule has 26 heavy (non-hydrogen) atoms. The van der Waals surface area contributed by atoms with E-state index in [0.717, 1.165) is 31.4 Å². The van der Waals surface area contributed by atoms with Crippen LogP contribution >= 0.6 is 0 Å². The molecule has 2 saturated heterocycles. The molecular formula is C19H29N5O2. The largest absolute Gasteiger partial charge is 0.343 e. The Balaban J connectivity index is 1.45. The number of hydrogen-bond donors (Lipinski definition) is 0. The van der Waals surface area contributed by atoms with Crippen LogP contribution in [0.25, 0.3) is 0 Å². The van der Waals surface area contributed by atoms with Gasteiger partial charge in [0, 0.05) is 51.0 Å². The summed E-state index contributed by atoms with van der Waals surface area (Å²) in [6, 6.07) is 0.0203. The van der Waals surface area contributed by atoms with Crippen LogP contribution in [0.1, 0.15) is 38.6 Å². The number of amides is 2. The number of likely N-dealkylation sites (N-methyl/N-ethyl adjacent to an activating group) is 1. The molecule has 4 rings (SSSR count). The van der Waals surface area contributed by atoms with Crippen molar-refractivity contribution in [2.75, 3.05) is 39.8 Å². The van der Waals surface area contributed by atoms with E-state index in [1.54, 1.807) is 4.90 Å². The zero-order valence-corrected chi connectivity index (χ0v) is 16.0. The molecular weight excluding hydrogens is 330 g/mol. The molecule has 1 aromatic rings. The third-order valence-corrected chi connectivity index (χ3v) is 5.99. The van der Waals surface area contributed by atoms with Crippen molar-refractivity contribution < 1.29 is 9.59 Å². The second-order valence-electron chi connectivity index (χ2n) is 8.82. The molecule has 1 unspecified atom stereocenters. The molecule has 0 bridgehead atoms. The minimum atomic E-state index is 0.0203. The maximum absolute atomic E-state index is 12.9. The fraction of sp³-hybridized carbons (Fsp3) is 0.737. The molecule has 142 valence electrons. The summed E-state index contributed by atoms with van der Waals surface area (Å²) in [5.74, 6) is 1.97. The lowest BCUT2D eigenvalue weighted by atomic mass is 9.74. The minimum Gasteiger partial charge on any atom is -0.343 e. The van der Waals surface area contributed by atoms with E-state index in [9.17, 15) is 9.59 Å². The van der Waals surface area contributed by atoms with Crippen LogP contribution in [0, 0.1) is 11.3 Å². The van der Waals surface area contributed by atoms with Crippen molar-refractivity contribution >= 4 is 11.8 Å². The second kappa shape index (κ2) is 6.37. The van der Waals surface area contributed by atoms with Crippen LogP contribution in [-0.4, -0.2) is 75.8 Å². The normalized spacial score (nSPS) is 26.1. The molecule has 3 fully saturated rings. The van der Waals surface area contributed by atoms with Crippen molar-refractivity contribution in [1.82, 2.24) is 24.3 Å². The highest BCUT2D eigenvalue weighted by molar-refractivity contribution is 5.82. The van der Waals surface area contributed by atoms with E-state index in [-0.39, 0.29) is 23.3 Å². The lowest BCUT2D eigenvalue weighted by molar-refractivity contribution is -0.155. The minimum absolute atomic E-state index is 0.0203. The summed E-state index contributed by atoms with van der Waals surface area (Å²) in [5.41, 5.74) is 0.0280. The number of imidazole rings is 1. The van der Waals surface area contributed by atoms with E-state index < -0.39 is 0 Å². The van der Waals surface area contributed by atoms with Crippen molar-refractivity contribution in [1.29, 1.82) is 0 Å². The lowest BCUT2D eigenvalue weighted by Crippen LogP contribution is -2.61. The van der Waals surface area contributed by atoms with Crippen LogP contribution in [-0.2, 0) is 16.1 Å². The Morgan fingerprint density at radius 2 is 2.08 bits per heavy atom. The van der Waals surface area contributed by atoms with Gasteiger partial charge in [-0.25, -0.2) is 4.98 Å². The molecule has 7 heteroatoms. The smallest absolute Gasteiger partial charge is 0.237 e. The third-order valence-electron chi connectivity index (χ3n) is 5.99. The lowest BCUT2D eigenvalue weighted by Gasteiger charge is -2.54. The molecule has 3 aliphatic rings. The SMILES string of the molecule is CN1CCN(CC(=O)N2CC(C)(C)C2c2nccn2CC2CC2)CC1=O. The van der Waals surface area contributed by atoms with E-state index >= 15 is 0 Å². The van der Waals surface area contributed by atoms with E-state index in [1.165, 1.54) is 12.8 Å². The number of rotatable bonds is 5. The first kappa shape index (κ1) is 17.5. The van der Waals surface area contributed by atoms with Crippen molar-refractivity contribution in [2.24, 2.45) is 11.3 Å². The molecule has 0 spiro atoms. The van der Waals surface area contributed by atoms with Crippen LogP contribution in [0.3, 0.4) is 0 Å². The van der Waals surface area contributed by atoms with Gasteiger partial charge in [-0.1, -0.05) is 13.8 Å². The Labute approximate surface area is 154 Å². The van der Waals surface area contributed by atoms with Gasteiger partial charge in [0.2, 0.25) is 11.8 Å². The molecule has 3 heterocycles.